The van der Waals surface area contributed by atoms with Gasteiger partial charge in [-0.2, -0.15) is 0 Å². The second kappa shape index (κ2) is 5.28. The van der Waals surface area contributed by atoms with Crippen molar-refractivity contribution in [3.05, 3.63) is 0 Å². The second-order valence-corrected chi connectivity index (χ2v) is 2.29. The third-order valence-electron chi connectivity index (χ3n) is 1.15. The molecule has 0 bridgehead atoms. The van der Waals surface area contributed by atoms with E-state index in [1.807, 2.05) is 0 Å². The van der Waals surface area contributed by atoms with Crippen molar-refractivity contribution in [1.29, 1.82) is 0 Å². The Bertz CT molecular complexity index is 59.6. The van der Waals surface area contributed by atoms with E-state index in [2.05, 4.69) is 0 Å². The van der Waals surface area contributed by atoms with Crippen molar-refractivity contribution in [3.8, 4) is 0 Å². The summed E-state index contributed by atoms with van der Waals surface area (Å²) in [6.07, 6.45) is 0. The SMILES string of the molecule is CC(CO)(CO)CO.[H-].[Li+]. The summed E-state index contributed by atoms with van der Waals surface area (Å²) in [5, 5.41) is 25.4. The predicted octanol–water partition coefficient (Wildman–Crippen LogP) is -3.91. The summed E-state index contributed by atoms with van der Waals surface area (Å²) in [6.45, 7) is 1.06. The van der Waals surface area contributed by atoms with Crippen molar-refractivity contribution < 1.29 is 35.6 Å². The van der Waals surface area contributed by atoms with E-state index >= 15 is 0 Å². The Morgan fingerprint density at radius 2 is 1.33 bits per heavy atom. The average Bonchev–Trinajstić information content (AvgIpc) is 1.87. The Labute approximate surface area is 68.4 Å². The molecule has 0 amide bonds. The van der Waals surface area contributed by atoms with Gasteiger partial charge in [-0.1, -0.05) is 6.92 Å². The Hall–Kier alpha value is 0.477. The van der Waals surface area contributed by atoms with Crippen molar-refractivity contribution in [1.82, 2.24) is 0 Å². The molecule has 0 aromatic carbocycles. The minimum absolute atomic E-state index is 0. The molecule has 0 spiro atoms. The third kappa shape index (κ3) is 3.96. The Morgan fingerprint density at radius 3 is 1.33 bits per heavy atom. The molecule has 0 saturated heterocycles. The van der Waals surface area contributed by atoms with Crippen LogP contribution >= 0.6 is 0 Å². The fraction of sp³-hybridized carbons (Fsp3) is 1.00. The summed E-state index contributed by atoms with van der Waals surface area (Å²) in [6, 6.07) is 0. The topological polar surface area (TPSA) is 60.7 Å². The van der Waals surface area contributed by atoms with Gasteiger partial charge in [-0.15, -0.1) is 0 Å². The quantitative estimate of drug-likeness (QED) is 0.340. The molecule has 0 aromatic rings. The van der Waals surface area contributed by atoms with Crippen LogP contribution < -0.4 is 18.9 Å². The molecule has 0 radical (unpaired) electrons. The number of aliphatic hydroxyl groups excluding tert-OH is 3. The van der Waals surface area contributed by atoms with Crippen LogP contribution in [0.4, 0.5) is 0 Å². The molecule has 3 nitrogen and oxygen atoms in total. The molecule has 52 valence electrons. The third-order valence-corrected chi connectivity index (χ3v) is 1.15. The van der Waals surface area contributed by atoms with Crippen LogP contribution in [0.5, 0.6) is 0 Å². The monoisotopic (exact) mass is 128 g/mol. The summed E-state index contributed by atoms with van der Waals surface area (Å²) < 4.78 is 0. The fourth-order valence-corrected chi connectivity index (χ4v) is 0.150. The van der Waals surface area contributed by atoms with Gasteiger partial charge in [-0.3, -0.25) is 0 Å². The van der Waals surface area contributed by atoms with Crippen LogP contribution in [0.1, 0.15) is 8.35 Å². The van der Waals surface area contributed by atoms with Gasteiger partial charge in [0.25, 0.3) is 0 Å². The van der Waals surface area contributed by atoms with Crippen molar-refractivity contribution in [2.75, 3.05) is 19.8 Å². The minimum atomic E-state index is -0.708. The Kier molecular flexibility index (Phi) is 7.14. The first-order chi connectivity index (χ1) is 3.68. The Balaban J connectivity index is -0.000000245. The zero-order valence-electron chi connectivity index (χ0n) is 6.96. The molecule has 0 saturated carbocycles. The van der Waals surface area contributed by atoms with E-state index in [1.54, 1.807) is 6.92 Å². The fourth-order valence-electron chi connectivity index (χ4n) is 0.150. The van der Waals surface area contributed by atoms with Gasteiger partial charge in [0.2, 0.25) is 0 Å². The van der Waals surface area contributed by atoms with E-state index in [0.717, 1.165) is 0 Å². The first-order valence-electron chi connectivity index (χ1n) is 2.51. The van der Waals surface area contributed by atoms with E-state index in [0.29, 0.717) is 0 Å². The smallest absolute Gasteiger partial charge is 1.00 e. The van der Waals surface area contributed by atoms with Crippen LogP contribution in [0.25, 0.3) is 0 Å². The molecule has 9 heavy (non-hydrogen) atoms. The van der Waals surface area contributed by atoms with Gasteiger partial charge >= 0.3 is 18.9 Å². The molecular weight excluding hydrogens is 115 g/mol. The molecule has 0 aromatic heterocycles. The van der Waals surface area contributed by atoms with Crippen molar-refractivity contribution in [3.63, 3.8) is 0 Å². The molecule has 0 unspecified atom stereocenters. The summed E-state index contributed by atoms with van der Waals surface area (Å²) in [5.41, 5.74) is -0.708. The van der Waals surface area contributed by atoms with E-state index in [1.165, 1.54) is 0 Å². The van der Waals surface area contributed by atoms with Crippen LogP contribution in [0.2, 0.25) is 0 Å². The summed E-state index contributed by atoms with van der Waals surface area (Å²) >= 11 is 0. The van der Waals surface area contributed by atoms with E-state index < -0.39 is 5.41 Å². The molecule has 0 fully saturated rings. The molecule has 0 heterocycles. The molecule has 4 heteroatoms. The standard InChI is InChI=1S/C5H12O3.Li.H/c1-5(2-6,3-7)4-8;;/h6-8H,2-4H2,1H3;;/q;+1;-1. The normalized spacial score (nSPS) is 10.7. The maximum Gasteiger partial charge on any atom is 1.00 e. The predicted molar refractivity (Wildman–Crippen MR) is 30.5 cm³/mol. The van der Waals surface area contributed by atoms with Crippen LogP contribution in [0.3, 0.4) is 0 Å². The number of aliphatic hydroxyl groups is 3. The van der Waals surface area contributed by atoms with Crippen LogP contribution in [-0.4, -0.2) is 35.1 Å². The molecule has 0 atom stereocenters. The molecular formula is C5H13LiO3. The van der Waals surface area contributed by atoms with E-state index in [9.17, 15) is 0 Å². The van der Waals surface area contributed by atoms with Crippen molar-refractivity contribution >= 4 is 0 Å². The minimum Gasteiger partial charge on any atom is -1.00 e. The van der Waals surface area contributed by atoms with Gasteiger partial charge in [-0.25, -0.2) is 0 Å². The van der Waals surface area contributed by atoms with Gasteiger partial charge in [0.1, 0.15) is 0 Å². The summed E-state index contributed by atoms with van der Waals surface area (Å²) in [4.78, 5) is 0. The first kappa shape index (κ1) is 12.2. The number of hydrogen-bond acceptors (Lipinski definition) is 3. The van der Waals surface area contributed by atoms with Gasteiger partial charge in [0, 0.05) is 5.41 Å². The van der Waals surface area contributed by atoms with Gasteiger partial charge in [0.05, 0.1) is 19.8 Å². The summed E-state index contributed by atoms with van der Waals surface area (Å²) in [7, 11) is 0. The zero-order valence-corrected chi connectivity index (χ0v) is 5.96. The van der Waals surface area contributed by atoms with Crippen LogP contribution in [-0.2, 0) is 0 Å². The molecule has 0 aliphatic rings. The zero-order chi connectivity index (χ0) is 6.62. The second-order valence-electron chi connectivity index (χ2n) is 2.29. The van der Waals surface area contributed by atoms with Crippen LogP contribution in [0.15, 0.2) is 0 Å². The molecule has 0 rings (SSSR count). The van der Waals surface area contributed by atoms with Crippen molar-refractivity contribution in [2.45, 2.75) is 6.92 Å². The van der Waals surface area contributed by atoms with Crippen LogP contribution in [0, 0.1) is 5.41 Å². The van der Waals surface area contributed by atoms with Gasteiger partial charge in [-0.05, 0) is 0 Å². The maximum atomic E-state index is 8.47. The number of hydrogen-bond donors (Lipinski definition) is 3. The van der Waals surface area contributed by atoms with Gasteiger partial charge in [0.15, 0.2) is 0 Å². The largest absolute Gasteiger partial charge is 1.00 e. The molecule has 0 aliphatic carbocycles. The molecule has 3 N–H and O–H groups in total. The molecule has 0 aliphatic heterocycles. The van der Waals surface area contributed by atoms with E-state index in [-0.39, 0.29) is 40.1 Å². The average molecular weight is 128 g/mol. The van der Waals surface area contributed by atoms with Crippen molar-refractivity contribution in [2.24, 2.45) is 5.41 Å². The van der Waals surface area contributed by atoms with E-state index in [4.69, 9.17) is 15.3 Å². The maximum absolute atomic E-state index is 8.47. The van der Waals surface area contributed by atoms with Gasteiger partial charge < -0.3 is 16.7 Å². The Morgan fingerprint density at radius 1 is 1.11 bits per heavy atom. The summed E-state index contributed by atoms with van der Waals surface area (Å²) in [5.74, 6) is 0. The first-order valence-corrected chi connectivity index (χ1v) is 2.51. The number of rotatable bonds is 3.